The number of halogens is 2. The van der Waals surface area contributed by atoms with Gasteiger partial charge in [-0.1, -0.05) is 27.5 Å². The van der Waals surface area contributed by atoms with E-state index >= 15 is 0 Å². The quantitative estimate of drug-likeness (QED) is 0.499. The lowest BCUT2D eigenvalue weighted by Gasteiger charge is -2.09. The normalized spacial score (nSPS) is 13.9. The first-order valence-electron chi connectivity index (χ1n) is 6.84. The van der Waals surface area contributed by atoms with E-state index in [2.05, 4.69) is 15.9 Å². The predicted octanol–water partition coefficient (Wildman–Crippen LogP) is 5.57. The Morgan fingerprint density at radius 3 is 2.76 bits per heavy atom. The first-order valence-corrected chi connectivity index (χ1v) is 8.83. The number of rotatable bonds is 2. The van der Waals surface area contributed by atoms with Crippen molar-refractivity contribution in [1.29, 1.82) is 0 Å². The van der Waals surface area contributed by atoms with Crippen LogP contribution in [0.2, 0.25) is 5.02 Å². The zero-order chi connectivity index (χ0) is 15.0. The number of ether oxygens (including phenoxy) is 1. The van der Waals surface area contributed by atoms with Gasteiger partial charge < -0.3 is 4.74 Å². The fraction of sp³-hybridized carbons (Fsp3) is 0.312. The summed E-state index contributed by atoms with van der Waals surface area (Å²) in [6.45, 7) is 1.87. The monoisotopic (exact) mass is 384 g/mol. The SMILES string of the molecule is Cc1cc(Br)cc(Cl)c1OC(=O)c1cc2c(s1)CCCC2. The van der Waals surface area contributed by atoms with Gasteiger partial charge in [-0.05, 0) is 61.9 Å². The third-order valence-electron chi connectivity index (χ3n) is 3.59. The molecule has 0 saturated carbocycles. The molecule has 0 spiro atoms. The molecule has 0 bridgehead atoms. The summed E-state index contributed by atoms with van der Waals surface area (Å²) >= 11 is 11.1. The van der Waals surface area contributed by atoms with Crippen LogP contribution in [0.1, 0.15) is 38.5 Å². The van der Waals surface area contributed by atoms with E-state index in [1.807, 2.05) is 19.1 Å². The van der Waals surface area contributed by atoms with Gasteiger partial charge in [0, 0.05) is 9.35 Å². The van der Waals surface area contributed by atoms with E-state index < -0.39 is 0 Å². The molecule has 0 saturated heterocycles. The first kappa shape index (κ1) is 15.1. The Kier molecular flexibility index (Phi) is 4.38. The summed E-state index contributed by atoms with van der Waals surface area (Å²) in [5, 5.41) is 0.441. The summed E-state index contributed by atoms with van der Waals surface area (Å²) in [6, 6.07) is 5.59. The van der Waals surface area contributed by atoms with Crippen LogP contribution in [0.4, 0.5) is 0 Å². The number of thiophene rings is 1. The van der Waals surface area contributed by atoms with Gasteiger partial charge in [0.15, 0.2) is 5.75 Å². The van der Waals surface area contributed by atoms with Crippen molar-refractivity contribution in [3.63, 3.8) is 0 Å². The maximum Gasteiger partial charge on any atom is 0.353 e. The summed E-state index contributed by atoms with van der Waals surface area (Å²) < 4.78 is 6.39. The van der Waals surface area contributed by atoms with Gasteiger partial charge in [0.25, 0.3) is 0 Å². The van der Waals surface area contributed by atoms with Gasteiger partial charge >= 0.3 is 5.97 Å². The molecule has 0 radical (unpaired) electrons. The van der Waals surface area contributed by atoms with Crippen molar-refractivity contribution in [2.75, 3.05) is 0 Å². The van der Waals surface area contributed by atoms with E-state index in [0.29, 0.717) is 15.6 Å². The van der Waals surface area contributed by atoms with Crippen LogP contribution in [-0.2, 0) is 12.8 Å². The topological polar surface area (TPSA) is 26.3 Å². The van der Waals surface area contributed by atoms with Crippen molar-refractivity contribution in [3.05, 3.63) is 48.6 Å². The first-order chi connectivity index (χ1) is 10.0. The van der Waals surface area contributed by atoms with Crippen molar-refractivity contribution < 1.29 is 9.53 Å². The van der Waals surface area contributed by atoms with Gasteiger partial charge in [-0.3, -0.25) is 0 Å². The van der Waals surface area contributed by atoms with Gasteiger partial charge in [0.1, 0.15) is 4.88 Å². The van der Waals surface area contributed by atoms with E-state index in [9.17, 15) is 4.79 Å². The van der Waals surface area contributed by atoms with Crippen LogP contribution in [0.3, 0.4) is 0 Å². The van der Waals surface area contributed by atoms with Crippen molar-refractivity contribution >= 4 is 44.8 Å². The summed E-state index contributed by atoms with van der Waals surface area (Å²) in [7, 11) is 0. The fourth-order valence-corrected chi connectivity index (χ4v) is 4.69. The minimum absolute atomic E-state index is 0.318. The van der Waals surface area contributed by atoms with E-state index in [1.165, 1.54) is 23.3 Å². The number of carbonyl (C=O) groups is 1. The molecule has 3 rings (SSSR count). The van der Waals surface area contributed by atoms with E-state index in [4.69, 9.17) is 16.3 Å². The average Bonchev–Trinajstić information content (AvgIpc) is 2.86. The summed E-state index contributed by atoms with van der Waals surface area (Å²) in [5.41, 5.74) is 2.14. The maximum atomic E-state index is 12.3. The number of carbonyl (C=O) groups excluding carboxylic acids is 1. The lowest BCUT2D eigenvalue weighted by Crippen LogP contribution is -2.08. The second-order valence-corrected chi connectivity index (χ2v) is 7.65. The lowest BCUT2D eigenvalue weighted by molar-refractivity contribution is 0.0738. The molecule has 110 valence electrons. The van der Waals surface area contributed by atoms with Crippen LogP contribution in [0, 0.1) is 6.92 Å². The van der Waals surface area contributed by atoms with Crippen LogP contribution in [0.5, 0.6) is 5.75 Å². The highest BCUT2D eigenvalue weighted by Crippen LogP contribution is 2.34. The highest BCUT2D eigenvalue weighted by molar-refractivity contribution is 9.10. The molecule has 0 N–H and O–H groups in total. The van der Waals surface area contributed by atoms with Gasteiger partial charge in [0.05, 0.1) is 5.02 Å². The zero-order valence-corrected chi connectivity index (χ0v) is 14.7. The largest absolute Gasteiger partial charge is 0.420 e. The zero-order valence-electron chi connectivity index (χ0n) is 11.5. The molecule has 0 amide bonds. The molecule has 0 atom stereocenters. The molecule has 5 heteroatoms. The minimum atomic E-state index is -0.318. The number of esters is 1. The minimum Gasteiger partial charge on any atom is -0.420 e. The second kappa shape index (κ2) is 6.11. The molecule has 2 nitrogen and oxygen atoms in total. The summed E-state index contributed by atoms with van der Waals surface area (Å²) in [4.78, 5) is 14.3. The highest BCUT2D eigenvalue weighted by atomic mass is 79.9. The van der Waals surface area contributed by atoms with Gasteiger partial charge in [0.2, 0.25) is 0 Å². The van der Waals surface area contributed by atoms with Crippen LogP contribution in [0.15, 0.2) is 22.7 Å². The molecule has 1 heterocycles. The number of hydrogen-bond acceptors (Lipinski definition) is 3. The summed E-state index contributed by atoms with van der Waals surface area (Å²) in [5.74, 6) is 0.123. The van der Waals surface area contributed by atoms with E-state index in [-0.39, 0.29) is 5.97 Å². The molecule has 0 fully saturated rings. The Morgan fingerprint density at radius 2 is 2.05 bits per heavy atom. The number of benzene rings is 1. The third kappa shape index (κ3) is 3.17. The molecule has 1 aromatic heterocycles. The molecular formula is C16H14BrClO2S. The van der Waals surface area contributed by atoms with Crippen LogP contribution in [0.25, 0.3) is 0 Å². The Labute approximate surface area is 141 Å². The van der Waals surface area contributed by atoms with Gasteiger partial charge in [-0.2, -0.15) is 0 Å². The van der Waals surface area contributed by atoms with Crippen molar-refractivity contribution in [2.45, 2.75) is 32.6 Å². The van der Waals surface area contributed by atoms with Crippen LogP contribution >= 0.6 is 38.9 Å². The van der Waals surface area contributed by atoms with Crippen LogP contribution < -0.4 is 4.74 Å². The summed E-state index contributed by atoms with van der Waals surface area (Å²) in [6.07, 6.45) is 4.55. The van der Waals surface area contributed by atoms with Crippen molar-refractivity contribution in [3.8, 4) is 5.75 Å². The van der Waals surface area contributed by atoms with Crippen LogP contribution in [-0.4, -0.2) is 5.97 Å². The third-order valence-corrected chi connectivity index (χ3v) is 5.54. The molecule has 1 aromatic carbocycles. The van der Waals surface area contributed by atoms with Gasteiger partial charge in [-0.25, -0.2) is 4.79 Å². The highest BCUT2D eigenvalue weighted by Gasteiger charge is 2.20. The average molecular weight is 386 g/mol. The van der Waals surface area contributed by atoms with Gasteiger partial charge in [-0.15, -0.1) is 11.3 Å². The molecule has 1 aliphatic carbocycles. The second-order valence-electron chi connectivity index (χ2n) is 5.19. The smallest absolute Gasteiger partial charge is 0.353 e. The van der Waals surface area contributed by atoms with Crippen molar-refractivity contribution in [2.24, 2.45) is 0 Å². The Morgan fingerprint density at radius 1 is 1.29 bits per heavy atom. The van der Waals surface area contributed by atoms with E-state index in [0.717, 1.165) is 22.9 Å². The maximum absolute atomic E-state index is 12.3. The molecule has 0 aliphatic heterocycles. The molecule has 2 aromatic rings. The van der Waals surface area contributed by atoms with Crippen molar-refractivity contribution in [1.82, 2.24) is 0 Å². The Hall–Kier alpha value is -0.840. The predicted molar refractivity (Wildman–Crippen MR) is 89.8 cm³/mol. The number of aryl methyl sites for hydroxylation is 3. The molecule has 1 aliphatic rings. The van der Waals surface area contributed by atoms with E-state index in [1.54, 1.807) is 17.4 Å². The molecule has 21 heavy (non-hydrogen) atoms. The Bertz CT molecular complexity index is 662. The number of fused-ring (bicyclic) bond motifs is 1. The number of hydrogen-bond donors (Lipinski definition) is 0. The Balaban J connectivity index is 1.85. The standard InChI is InChI=1S/C16H14BrClO2S/c1-9-6-11(17)8-12(18)15(9)20-16(19)14-7-10-4-2-3-5-13(10)21-14/h6-8H,2-5H2,1H3. The molecular weight excluding hydrogens is 372 g/mol. The molecule has 0 unspecified atom stereocenters. The lowest BCUT2D eigenvalue weighted by atomic mass is 9.99. The fourth-order valence-electron chi connectivity index (χ4n) is 2.55.